The average Bonchev–Trinajstić information content (AvgIpc) is 2.87. The van der Waals surface area contributed by atoms with Gasteiger partial charge in [-0.1, -0.05) is 97.3 Å². The van der Waals surface area contributed by atoms with E-state index in [-0.39, 0.29) is 4.58 Å². The van der Waals surface area contributed by atoms with Crippen molar-refractivity contribution >= 4 is 54.8 Å². The molecule has 0 aromatic heterocycles. The van der Waals surface area contributed by atoms with Gasteiger partial charge in [0.25, 0.3) is 0 Å². The molecule has 0 aliphatic rings. The Morgan fingerprint density at radius 3 is 1.73 bits per heavy atom. The van der Waals surface area contributed by atoms with Crippen LogP contribution in [-0.2, 0) is 0 Å². The van der Waals surface area contributed by atoms with Crippen molar-refractivity contribution in [3.8, 4) is 5.75 Å². The highest BCUT2D eigenvalue weighted by Gasteiger charge is 2.18. The number of hydrogen-bond donors (Lipinski definition) is 0. The van der Waals surface area contributed by atoms with E-state index in [9.17, 15) is 0 Å². The molecule has 0 heterocycles. The molecular weight excluding hydrogens is 531 g/mol. The molecule has 0 radical (unpaired) electrons. The zero-order valence-corrected chi connectivity index (χ0v) is 24.8. The average molecular weight is 562 g/mol. The van der Waals surface area contributed by atoms with Crippen LogP contribution in [0, 0.1) is 27.7 Å². The van der Waals surface area contributed by atoms with Gasteiger partial charge in [-0.2, -0.15) is 0 Å². The van der Waals surface area contributed by atoms with Gasteiger partial charge in [0, 0.05) is 16.2 Å². The van der Waals surface area contributed by atoms with Gasteiger partial charge in [0.2, 0.25) is 0 Å². The standard InChI is InChI=1S/C31H31NOS4/c1-22-14-16-26(17-15-22)32-30(33-27-11-5-8-23(2)18-27)21-31(36-34-28-12-6-9-24(3)19-28)37-35-29-13-7-10-25(4)20-29/h5-20,31H,21H2,1-4H3. The Kier molecular flexibility index (Phi) is 10.6. The number of aryl methyl sites for hydroxylation is 4. The van der Waals surface area contributed by atoms with E-state index in [1.165, 1.54) is 26.5 Å². The van der Waals surface area contributed by atoms with Crippen LogP contribution in [0.5, 0.6) is 5.75 Å². The van der Waals surface area contributed by atoms with Crippen molar-refractivity contribution in [2.45, 2.75) is 48.5 Å². The summed E-state index contributed by atoms with van der Waals surface area (Å²) in [6.45, 7) is 8.44. The van der Waals surface area contributed by atoms with Crippen LogP contribution >= 0.6 is 43.2 Å². The second-order valence-corrected chi connectivity index (χ2v) is 14.1. The normalized spacial score (nSPS) is 11.6. The predicted molar refractivity (Wildman–Crippen MR) is 168 cm³/mol. The van der Waals surface area contributed by atoms with Crippen molar-refractivity contribution in [2.24, 2.45) is 4.99 Å². The Bertz CT molecular complexity index is 1290. The zero-order valence-electron chi connectivity index (χ0n) is 21.5. The molecule has 0 saturated carbocycles. The summed E-state index contributed by atoms with van der Waals surface area (Å²) >= 11 is 0. The van der Waals surface area contributed by atoms with Gasteiger partial charge in [-0.05, 0) is 92.9 Å². The molecule has 0 aliphatic carbocycles. The minimum Gasteiger partial charge on any atom is -0.443 e. The summed E-state index contributed by atoms with van der Waals surface area (Å²) in [7, 11) is 7.34. The summed E-state index contributed by atoms with van der Waals surface area (Å²) in [5.74, 6) is 1.53. The molecule has 0 unspecified atom stereocenters. The quantitative estimate of drug-likeness (QED) is 0.0828. The SMILES string of the molecule is Cc1ccc(N=C(CC(SSc2cccc(C)c2)SSc2cccc(C)c2)Oc2cccc(C)c2)cc1. The van der Waals surface area contributed by atoms with Gasteiger partial charge in [0.05, 0.1) is 10.3 Å². The fourth-order valence-corrected chi connectivity index (χ4v) is 9.39. The van der Waals surface area contributed by atoms with Crippen molar-refractivity contribution in [1.82, 2.24) is 0 Å². The first-order valence-corrected chi connectivity index (χ1v) is 16.5. The maximum atomic E-state index is 6.41. The highest BCUT2D eigenvalue weighted by Crippen LogP contribution is 2.47. The van der Waals surface area contributed by atoms with Crippen LogP contribution in [0.25, 0.3) is 0 Å². The van der Waals surface area contributed by atoms with Gasteiger partial charge in [-0.15, -0.1) is 0 Å². The first-order valence-electron chi connectivity index (χ1n) is 12.1. The first-order chi connectivity index (χ1) is 17.9. The van der Waals surface area contributed by atoms with Gasteiger partial charge in [0.15, 0.2) is 5.90 Å². The molecule has 0 bridgehead atoms. The minimum absolute atomic E-state index is 0.213. The van der Waals surface area contributed by atoms with Crippen LogP contribution in [0.15, 0.2) is 112 Å². The Labute approximate surface area is 236 Å². The maximum Gasteiger partial charge on any atom is 0.197 e. The van der Waals surface area contributed by atoms with Crippen LogP contribution < -0.4 is 4.74 Å². The fourth-order valence-electron chi connectivity index (χ4n) is 3.47. The summed E-state index contributed by atoms with van der Waals surface area (Å²) in [6.07, 6.45) is 0.689. The molecule has 0 fully saturated rings. The Morgan fingerprint density at radius 1 is 0.649 bits per heavy atom. The van der Waals surface area contributed by atoms with E-state index in [1.807, 2.05) is 67.4 Å². The lowest BCUT2D eigenvalue weighted by atomic mass is 10.2. The van der Waals surface area contributed by atoms with Gasteiger partial charge < -0.3 is 4.74 Å². The van der Waals surface area contributed by atoms with Crippen molar-refractivity contribution in [3.63, 3.8) is 0 Å². The van der Waals surface area contributed by atoms with Gasteiger partial charge in [-0.3, -0.25) is 0 Å². The Hall–Kier alpha value is -2.25. The molecule has 4 rings (SSSR count). The van der Waals surface area contributed by atoms with Crippen LogP contribution in [0.3, 0.4) is 0 Å². The van der Waals surface area contributed by atoms with Gasteiger partial charge in [0.1, 0.15) is 5.75 Å². The summed E-state index contributed by atoms with van der Waals surface area (Å²) in [4.78, 5) is 7.47. The number of ether oxygens (including phenoxy) is 1. The molecular formula is C31H31NOS4. The Morgan fingerprint density at radius 2 is 1.19 bits per heavy atom. The third-order valence-corrected chi connectivity index (χ3v) is 11.6. The van der Waals surface area contributed by atoms with Gasteiger partial charge in [-0.25, -0.2) is 4.99 Å². The second-order valence-electron chi connectivity index (χ2n) is 8.89. The van der Waals surface area contributed by atoms with E-state index in [0.29, 0.717) is 12.3 Å². The lowest BCUT2D eigenvalue weighted by Crippen LogP contribution is -2.13. The van der Waals surface area contributed by atoms with Crippen LogP contribution in [0.4, 0.5) is 5.69 Å². The van der Waals surface area contributed by atoms with Gasteiger partial charge >= 0.3 is 0 Å². The first kappa shape index (κ1) is 27.8. The molecule has 37 heavy (non-hydrogen) atoms. The van der Waals surface area contributed by atoms with Crippen LogP contribution in [0.2, 0.25) is 0 Å². The molecule has 0 saturated heterocycles. The highest BCUT2D eigenvalue weighted by atomic mass is 33.1. The smallest absolute Gasteiger partial charge is 0.197 e. The molecule has 4 aromatic rings. The topological polar surface area (TPSA) is 21.6 Å². The second kappa shape index (κ2) is 14.1. The lowest BCUT2D eigenvalue weighted by Gasteiger charge is -2.17. The number of rotatable bonds is 10. The predicted octanol–water partition coefficient (Wildman–Crippen LogP) is 10.6. The third kappa shape index (κ3) is 9.53. The number of nitrogens with zero attached hydrogens (tertiary/aromatic N) is 1. The molecule has 0 atom stereocenters. The van der Waals surface area contributed by atoms with E-state index in [0.717, 1.165) is 17.0 Å². The molecule has 4 aromatic carbocycles. The maximum absolute atomic E-state index is 6.41. The van der Waals surface area contributed by atoms with Crippen molar-refractivity contribution in [1.29, 1.82) is 0 Å². The zero-order chi connectivity index (χ0) is 26.0. The number of benzene rings is 4. The van der Waals surface area contributed by atoms with Crippen molar-refractivity contribution in [3.05, 3.63) is 119 Å². The molecule has 2 nitrogen and oxygen atoms in total. The molecule has 0 amide bonds. The van der Waals surface area contributed by atoms with E-state index >= 15 is 0 Å². The summed E-state index contributed by atoms with van der Waals surface area (Å²) in [5, 5.41) is 0. The van der Waals surface area contributed by atoms with Crippen molar-refractivity contribution < 1.29 is 4.74 Å². The van der Waals surface area contributed by atoms with Crippen LogP contribution in [0.1, 0.15) is 28.7 Å². The summed E-state index contributed by atoms with van der Waals surface area (Å²) < 4.78 is 6.62. The Balaban J connectivity index is 1.57. The summed E-state index contributed by atoms with van der Waals surface area (Å²) in [6, 6.07) is 33.7. The van der Waals surface area contributed by atoms with E-state index in [2.05, 4.69) is 100 Å². The largest absolute Gasteiger partial charge is 0.443 e. The number of hydrogen-bond acceptors (Lipinski definition) is 6. The summed E-state index contributed by atoms with van der Waals surface area (Å²) in [5.41, 5.74) is 5.83. The molecule has 0 spiro atoms. The van der Waals surface area contributed by atoms with Crippen molar-refractivity contribution in [2.75, 3.05) is 0 Å². The molecule has 190 valence electrons. The van der Waals surface area contributed by atoms with Crippen LogP contribution in [-0.4, -0.2) is 10.5 Å². The van der Waals surface area contributed by atoms with E-state index in [1.54, 1.807) is 0 Å². The third-order valence-electron chi connectivity index (χ3n) is 5.34. The molecule has 0 N–H and O–H groups in total. The monoisotopic (exact) mass is 561 g/mol. The molecule has 0 aliphatic heterocycles. The minimum atomic E-state index is 0.213. The van der Waals surface area contributed by atoms with E-state index < -0.39 is 0 Å². The lowest BCUT2D eigenvalue weighted by molar-refractivity contribution is 0.535. The number of aliphatic imine (C=N–C) groups is 1. The fraction of sp³-hybridized carbons (Fsp3) is 0.194. The van der Waals surface area contributed by atoms with E-state index in [4.69, 9.17) is 9.73 Å². The highest BCUT2D eigenvalue weighted by molar-refractivity contribution is 8.85. The molecule has 6 heteroatoms.